The Morgan fingerprint density at radius 3 is 2.04 bits per heavy atom. The molecular formula is C20H22O4. The lowest BCUT2D eigenvalue weighted by atomic mass is 9.78. The summed E-state index contributed by atoms with van der Waals surface area (Å²) in [5, 5.41) is 18.7. The number of hydrogen-bond acceptors (Lipinski definition) is 2. The fourth-order valence-corrected chi connectivity index (χ4v) is 3.05. The van der Waals surface area contributed by atoms with Crippen LogP contribution < -0.4 is 0 Å². The molecule has 0 aliphatic rings. The smallest absolute Gasteiger partial charge is 0.335 e. The van der Waals surface area contributed by atoms with Crippen molar-refractivity contribution in [3.05, 3.63) is 70.3 Å². The predicted molar refractivity (Wildman–Crippen MR) is 92.7 cm³/mol. The first-order valence-corrected chi connectivity index (χ1v) is 7.84. The fourth-order valence-electron chi connectivity index (χ4n) is 3.05. The maximum atomic E-state index is 11.4. The van der Waals surface area contributed by atoms with Gasteiger partial charge in [-0.05, 0) is 48.4 Å². The Balaban J connectivity index is 2.31. The minimum Gasteiger partial charge on any atom is -0.478 e. The molecule has 0 amide bonds. The molecule has 4 heteroatoms. The van der Waals surface area contributed by atoms with Gasteiger partial charge in [0.2, 0.25) is 0 Å². The van der Waals surface area contributed by atoms with Crippen molar-refractivity contribution in [1.29, 1.82) is 0 Å². The number of hydrogen-bond donors (Lipinski definition) is 2. The molecule has 0 radical (unpaired) electrons. The van der Waals surface area contributed by atoms with E-state index in [-0.39, 0.29) is 5.41 Å². The predicted octanol–water partition coefficient (Wildman–Crippen LogP) is 4.20. The molecule has 0 saturated carbocycles. The maximum absolute atomic E-state index is 11.4. The molecule has 0 atom stereocenters. The Morgan fingerprint density at radius 1 is 0.875 bits per heavy atom. The Labute approximate surface area is 141 Å². The molecule has 2 rings (SSSR count). The third-order valence-electron chi connectivity index (χ3n) is 4.08. The number of rotatable bonds is 6. The van der Waals surface area contributed by atoms with Crippen LogP contribution in [0.3, 0.4) is 0 Å². The maximum Gasteiger partial charge on any atom is 0.335 e. The van der Waals surface area contributed by atoms with Crippen molar-refractivity contribution in [1.82, 2.24) is 0 Å². The van der Waals surface area contributed by atoms with Gasteiger partial charge in [0.25, 0.3) is 0 Å². The SMILES string of the molecule is Cc1ccc(C(=O)O)c(CC(C)(C)Cc2ccccc2C(=O)O)c1. The molecule has 0 aromatic heterocycles. The van der Waals surface area contributed by atoms with Gasteiger partial charge >= 0.3 is 11.9 Å². The zero-order chi connectivity index (χ0) is 17.9. The van der Waals surface area contributed by atoms with Crippen molar-refractivity contribution in [2.75, 3.05) is 0 Å². The molecule has 126 valence electrons. The van der Waals surface area contributed by atoms with Crippen molar-refractivity contribution in [2.24, 2.45) is 5.41 Å². The lowest BCUT2D eigenvalue weighted by Gasteiger charge is -2.26. The van der Waals surface area contributed by atoms with Crippen LogP contribution in [0.5, 0.6) is 0 Å². The third kappa shape index (κ3) is 4.22. The summed E-state index contributed by atoms with van der Waals surface area (Å²) >= 11 is 0. The monoisotopic (exact) mass is 326 g/mol. The van der Waals surface area contributed by atoms with Crippen LogP contribution in [0.25, 0.3) is 0 Å². The van der Waals surface area contributed by atoms with Gasteiger partial charge in [-0.1, -0.05) is 49.7 Å². The molecule has 0 bridgehead atoms. The number of aromatic carboxylic acids is 2. The molecule has 24 heavy (non-hydrogen) atoms. The second-order valence-corrected chi connectivity index (χ2v) is 6.95. The molecule has 4 nitrogen and oxygen atoms in total. The minimum absolute atomic E-state index is 0.274. The Bertz CT molecular complexity index is 775. The van der Waals surface area contributed by atoms with E-state index in [2.05, 4.69) is 0 Å². The Kier molecular flexibility index (Phi) is 5.07. The van der Waals surface area contributed by atoms with Crippen LogP contribution in [0.2, 0.25) is 0 Å². The number of carboxylic acid groups (broad SMARTS) is 2. The highest BCUT2D eigenvalue weighted by atomic mass is 16.4. The first-order chi connectivity index (χ1) is 11.2. The van der Waals surface area contributed by atoms with Crippen LogP contribution in [-0.2, 0) is 12.8 Å². The lowest BCUT2D eigenvalue weighted by molar-refractivity contribution is 0.0685. The number of benzene rings is 2. The summed E-state index contributed by atoms with van der Waals surface area (Å²) in [4.78, 5) is 22.8. The second kappa shape index (κ2) is 6.87. The van der Waals surface area contributed by atoms with E-state index < -0.39 is 11.9 Å². The molecule has 0 aliphatic heterocycles. The zero-order valence-electron chi connectivity index (χ0n) is 14.2. The van der Waals surface area contributed by atoms with Gasteiger partial charge < -0.3 is 10.2 Å². The van der Waals surface area contributed by atoms with Gasteiger partial charge in [0.15, 0.2) is 0 Å². The summed E-state index contributed by atoms with van der Waals surface area (Å²) in [5.74, 6) is -1.88. The highest BCUT2D eigenvalue weighted by Gasteiger charge is 2.24. The summed E-state index contributed by atoms with van der Waals surface area (Å²) in [6.45, 7) is 5.99. The summed E-state index contributed by atoms with van der Waals surface area (Å²) in [6.07, 6.45) is 1.12. The van der Waals surface area contributed by atoms with Gasteiger partial charge in [-0.2, -0.15) is 0 Å². The highest BCUT2D eigenvalue weighted by Crippen LogP contribution is 2.30. The lowest BCUT2D eigenvalue weighted by Crippen LogP contribution is -2.21. The van der Waals surface area contributed by atoms with E-state index in [9.17, 15) is 19.8 Å². The second-order valence-electron chi connectivity index (χ2n) is 6.95. The van der Waals surface area contributed by atoms with Gasteiger partial charge in [-0.3, -0.25) is 0 Å². The summed E-state index contributed by atoms with van der Waals surface area (Å²) < 4.78 is 0. The van der Waals surface area contributed by atoms with Gasteiger partial charge in [0.05, 0.1) is 11.1 Å². The van der Waals surface area contributed by atoms with Crippen molar-refractivity contribution < 1.29 is 19.8 Å². The standard InChI is InChI=1S/C20H22O4/c1-13-8-9-17(19(23)24)15(10-13)12-20(2,3)11-14-6-4-5-7-16(14)18(21)22/h4-10H,11-12H2,1-3H3,(H,21,22)(H,23,24). The fraction of sp³-hybridized carbons (Fsp3) is 0.300. The van der Waals surface area contributed by atoms with E-state index in [1.165, 1.54) is 0 Å². The minimum atomic E-state index is -0.941. The molecular weight excluding hydrogens is 304 g/mol. The normalized spacial score (nSPS) is 11.3. The van der Waals surface area contributed by atoms with E-state index in [4.69, 9.17) is 0 Å². The van der Waals surface area contributed by atoms with E-state index in [1.54, 1.807) is 24.3 Å². The molecule has 0 fully saturated rings. The quantitative estimate of drug-likeness (QED) is 0.834. The van der Waals surface area contributed by atoms with Crippen LogP contribution in [0, 0.1) is 12.3 Å². The van der Waals surface area contributed by atoms with Gasteiger partial charge in [0.1, 0.15) is 0 Å². The number of carboxylic acids is 2. The Morgan fingerprint density at radius 2 is 1.42 bits per heavy atom. The highest BCUT2D eigenvalue weighted by molar-refractivity contribution is 5.90. The third-order valence-corrected chi connectivity index (χ3v) is 4.08. The average Bonchev–Trinajstić information content (AvgIpc) is 2.46. The van der Waals surface area contributed by atoms with E-state index >= 15 is 0 Å². The number of aryl methyl sites for hydroxylation is 1. The van der Waals surface area contributed by atoms with E-state index in [1.807, 2.05) is 39.0 Å². The van der Waals surface area contributed by atoms with E-state index in [0.717, 1.165) is 16.7 Å². The topological polar surface area (TPSA) is 74.6 Å². The molecule has 2 aromatic rings. The summed E-state index contributed by atoms with van der Waals surface area (Å²) in [7, 11) is 0. The van der Waals surface area contributed by atoms with Crippen molar-refractivity contribution in [3.63, 3.8) is 0 Å². The molecule has 0 spiro atoms. The molecule has 0 aliphatic carbocycles. The van der Waals surface area contributed by atoms with Crippen LogP contribution in [0.1, 0.15) is 51.3 Å². The van der Waals surface area contributed by atoms with E-state index in [0.29, 0.717) is 24.0 Å². The van der Waals surface area contributed by atoms with Crippen molar-refractivity contribution in [3.8, 4) is 0 Å². The molecule has 0 unspecified atom stereocenters. The molecule has 2 N–H and O–H groups in total. The van der Waals surface area contributed by atoms with Crippen molar-refractivity contribution >= 4 is 11.9 Å². The average molecular weight is 326 g/mol. The van der Waals surface area contributed by atoms with Crippen LogP contribution >= 0.6 is 0 Å². The van der Waals surface area contributed by atoms with Crippen LogP contribution in [0.4, 0.5) is 0 Å². The zero-order valence-corrected chi connectivity index (χ0v) is 14.2. The van der Waals surface area contributed by atoms with Crippen LogP contribution in [0.15, 0.2) is 42.5 Å². The molecule has 0 heterocycles. The first-order valence-electron chi connectivity index (χ1n) is 7.84. The van der Waals surface area contributed by atoms with Gasteiger partial charge in [-0.15, -0.1) is 0 Å². The molecule has 2 aromatic carbocycles. The molecule has 0 saturated heterocycles. The number of carbonyl (C=O) groups is 2. The van der Waals surface area contributed by atoms with Gasteiger partial charge in [0, 0.05) is 0 Å². The largest absolute Gasteiger partial charge is 0.478 e. The Hall–Kier alpha value is -2.62. The first kappa shape index (κ1) is 17.7. The van der Waals surface area contributed by atoms with Gasteiger partial charge in [-0.25, -0.2) is 9.59 Å². The van der Waals surface area contributed by atoms with Crippen molar-refractivity contribution in [2.45, 2.75) is 33.6 Å². The summed E-state index contributed by atoms with van der Waals surface area (Å²) in [6, 6.07) is 12.3. The van der Waals surface area contributed by atoms with Crippen LogP contribution in [-0.4, -0.2) is 22.2 Å². The summed E-state index contributed by atoms with van der Waals surface area (Å²) in [5.41, 5.74) is 2.88.